The molecule has 1 aliphatic carbocycles. The van der Waals surface area contributed by atoms with E-state index in [1.54, 1.807) is 0 Å². The van der Waals surface area contributed by atoms with E-state index in [0.29, 0.717) is 11.8 Å². The summed E-state index contributed by atoms with van der Waals surface area (Å²) >= 11 is 0. The number of aliphatic hydroxyl groups is 2. The van der Waals surface area contributed by atoms with Crippen LogP contribution in [-0.2, 0) is 0 Å². The fourth-order valence-corrected chi connectivity index (χ4v) is 4.49. The molecule has 1 rings (SSSR count). The Kier molecular flexibility index (Phi) is 10.8. The van der Waals surface area contributed by atoms with Crippen molar-refractivity contribution in [1.29, 1.82) is 0 Å². The summed E-state index contributed by atoms with van der Waals surface area (Å²) in [6, 6.07) is 0. The van der Waals surface area contributed by atoms with Crippen LogP contribution in [0.5, 0.6) is 0 Å². The molecule has 0 heterocycles. The molecule has 1 aliphatic rings. The molecule has 0 saturated heterocycles. The highest BCUT2D eigenvalue weighted by atomic mass is 16.3. The summed E-state index contributed by atoms with van der Waals surface area (Å²) in [6.45, 7) is 9.53. The molecule has 4 heteroatoms. The standard InChI is InChI=1S/C23H48N2O2/c1-7-25(6)17-11-9-15-23(3,27)19-21-13-12-20(21)18-22(2,26)14-8-10-16-24(4)5/h20-21,26-27H,7-19H2,1-6H3. The Morgan fingerprint density at radius 1 is 0.778 bits per heavy atom. The van der Waals surface area contributed by atoms with Crippen molar-refractivity contribution in [2.45, 2.75) is 96.2 Å². The molecule has 1 fully saturated rings. The van der Waals surface area contributed by atoms with Gasteiger partial charge in [0.25, 0.3) is 0 Å². The summed E-state index contributed by atoms with van der Waals surface area (Å²) in [4.78, 5) is 4.54. The average Bonchev–Trinajstić information content (AvgIpc) is 2.57. The van der Waals surface area contributed by atoms with Gasteiger partial charge < -0.3 is 20.0 Å². The third kappa shape index (κ3) is 10.8. The van der Waals surface area contributed by atoms with Crippen LogP contribution in [0.1, 0.15) is 85.0 Å². The first-order valence-electron chi connectivity index (χ1n) is 11.3. The Labute approximate surface area is 169 Å². The van der Waals surface area contributed by atoms with E-state index in [-0.39, 0.29) is 0 Å². The summed E-state index contributed by atoms with van der Waals surface area (Å²) in [5, 5.41) is 21.6. The Balaban J connectivity index is 2.29. The van der Waals surface area contributed by atoms with Gasteiger partial charge in [0.2, 0.25) is 0 Å². The van der Waals surface area contributed by atoms with Crippen molar-refractivity contribution in [3.05, 3.63) is 0 Å². The highest BCUT2D eigenvalue weighted by Gasteiger charge is 2.39. The van der Waals surface area contributed by atoms with Crippen molar-refractivity contribution in [3.8, 4) is 0 Å². The topological polar surface area (TPSA) is 46.9 Å². The van der Waals surface area contributed by atoms with E-state index in [4.69, 9.17) is 0 Å². The van der Waals surface area contributed by atoms with Gasteiger partial charge in [-0.25, -0.2) is 0 Å². The maximum Gasteiger partial charge on any atom is 0.0622 e. The third-order valence-corrected chi connectivity index (χ3v) is 6.59. The van der Waals surface area contributed by atoms with Gasteiger partial charge in [-0.15, -0.1) is 0 Å². The highest BCUT2D eigenvalue weighted by molar-refractivity contribution is 4.91. The van der Waals surface area contributed by atoms with Crippen LogP contribution in [0.3, 0.4) is 0 Å². The lowest BCUT2D eigenvalue weighted by molar-refractivity contribution is -0.0429. The van der Waals surface area contributed by atoms with Gasteiger partial charge in [-0.05, 0) is 131 Å². The summed E-state index contributed by atoms with van der Waals surface area (Å²) in [6.07, 6.45) is 10.5. The van der Waals surface area contributed by atoms with E-state index < -0.39 is 11.2 Å². The van der Waals surface area contributed by atoms with Gasteiger partial charge in [-0.3, -0.25) is 0 Å². The van der Waals surface area contributed by atoms with Crippen LogP contribution < -0.4 is 0 Å². The fraction of sp³-hybridized carbons (Fsp3) is 1.00. The second kappa shape index (κ2) is 11.7. The second-order valence-electron chi connectivity index (χ2n) is 10.1. The lowest BCUT2D eigenvalue weighted by Crippen LogP contribution is -2.40. The van der Waals surface area contributed by atoms with E-state index in [0.717, 1.165) is 71.0 Å². The average molecular weight is 385 g/mol. The Hall–Kier alpha value is -0.160. The molecule has 0 amide bonds. The zero-order chi connectivity index (χ0) is 20.5. The van der Waals surface area contributed by atoms with Crippen molar-refractivity contribution in [2.24, 2.45) is 11.8 Å². The number of nitrogens with zero attached hydrogens (tertiary/aromatic N) is 2. The summed E-state index contributed by atoms with van der Waals surface area (Å²) in [5.41, 5.74) is -1.10. The number of unbranched alkanes of at least 4 members (excludes halogenated alkanes) is 2. The smallest absolute Gasteiger partial charge is 0.0622 e. The molecule has 0 aromatic rings. The van der Waals surface area contributed by atoms with Gasteiger partial charge in [0.05, 0.1) is 11.2 Å². The number of rotatable bonds is 15. The molecule has 0 aliphatic heterocycles. The SMILES string of the molecule is CCN(C)CCCCC(C)(O)CC1CCC1CC(C)(O)CCCCN(C)C. The van der Waals surface area contributed by atoms with Gasteiger partial charge in [-0.2, -0.15) is 0 Å². The second-order valence-corrected chi connectivity index (χ2v) is 10.1. The van der Waals surface area contributed by atoms with Crippen LogP contribution in [-0.4, -0.2) is 72.0 Å². The normalized spacial score (nSPS) is 24.7. The van der Waals surface area contributed by atoms with Crippen LogP contribution in [0.25, 0.3) is 0 Å². The fourth-order valence-electron chi connectivity index (χ4n) is 4.49. The third-order valence-electron chi connectivity index (χ3n) is 6.59. The zero-order valence-corrected chi connectivity index (χ0v) is 19.1. The first-order valence-corrected chi connectivity index (χ1v) is 11.3. The van der Waals surface area contributed by atoms with Crippen LogP contribution in [0.4, 0.5) is 0 Å². The largest absolute Gasteiger partial charge is 0.390 e. The highest BCUT2D eigenvalue weighted by Crippen LogP contribution is 2.45. The minimum absolute atomic E-state index is 0.549. The predicted octanol–water partition coefficient (Wildman–Crippen LogP) is 4.15. The predicted molar refractivity (Wildman–Crippen MR) is 116 cm³/mol. The van der Waals surface area contributed by atoms with Crippen molar-refractivity contribution in [3.63, 3.8) is 0 Å². The summed E-state index contributed by atoms with van der Waals surface area (Å²) in [7, 11) is 6.36. The monoisotopic (exact) mass is 384 g/mol. The van der Waals surface area contributed by atoms with E-state index in [1.165, 1.54) is 12.8 Å². The molecule has 0 aromatic carbocycles. The first-order chi connectivity index (χ1) is 12.5. The lowest BCUT2D eigenvalue weighted by atomic mass is 9.64. The van der Waals surface area contributed by atoms with Crippen molar-refractivity contribution in [1.82, 2.24) is 9.80 Å². The molecule has 1 saturated carbocycles. The molecule has 0 aromatic heterocycles. The molecule has 0 bridgehead atoms. The maximum atomic E-state index is 10.8. The molecular weight excluding hydrogens is 336 g/mol. The van der Waals surface area contributed by atoms with E-state index in [1.807, 2.05) is 13.8 Å². The molecule has 4 atom stereocenters. The summed E-state index contributed by atoms with van der Waals surface area (Å²) in [5.74, 6) is 1.18. The van der Waals surface area contributed by atoms with Crippen LogP contribution in [0.2, 0.25) is 0 Å². The van der Waals surface area contributed by atoms with Gasteiger partial charge >= 0.3 is 0 Å². The van der Waals surface area contributed by atoms with E-state index >= 15 is 0 Å². The van der Waals surface area contributed by atoms with E-state index in [9.17, 15) is 10.2 Å². The minimum atomic E-state index is -0.550. The van der Waals surface area contributed by atoms with Crippen LogP contribution >= 0.6 is 0 Å². The van der Waals surface area contributed by atoms with Crippen molar-refractivity contribution >= 4 is 0 Å². The molecule has 0 radical (unpaired) electrons. The molecule has 2 N–H and O–H groups in total. The lowest BCUT2D eigenvalue weighted by Gasteiger charge is -2.44. The van der Waals surface area contributed by atoms with Crippen LogP contribution in [0, 0.1) is 11.8 Å². The zero-order valence-electron chi connectivity index (χ0n) is 19.1. The summed E-state index contributed by atoms with van der Waals surface area (Å²) < 4.78 is 0. The molecule has 27 heavy (non-hydrogen) atoms. The van der Waals surface area contributed by atoms with Gasteiger partial charge in [0.15, 0.2) is 0 Å². The quantitative estimate of drug-likeness (QED) is 0.416. The van der Waals surface area contributed by atoms with Crippen molar-refractivity contribution in [2.75, 3.05) is 40.8 Å². The number of hydrogen-bond acceptors (Lipinski definition) is 4. The molecule has 0 spiro atoms. The Morgan fingerprint density at radius 3 is 1.59 bits per heavy atom. The molecule has 162 valence electrons. The molecular formula is C23H48N2O2. The first kappa shape index (κ1) is 24.9. The van der Waals surface area contributed by atoms with Crippen LogP contribution in [0.15, 0.2) is 0 Å². The van der Waals surface area contributed by atoms with E-state index in [2.05, 4.69) is 37.9 Å². The van der Waals surface area contributed by atoms with Gasteiger partial charge in [0, 0.05) is 0 Å². The Morgan fingerprint density at radius 2 is 1.22 bits per heavy atom. The Bertz CT molecular complexity index is 396. The molecule has 4 unspecified atom stereocenters. The maximum absolute atomic E-state index is 10.8. The molecule has 4 nitrogen and oxygen atoms in total. The number of hydrogen-bond donors (Lipinski definition) is 2. The van der Waals surface area contributed by atoms with Gasteiger partial charge in [-0.1, -0.05) is 6.92 Å². The van der Waals surface area contributed by atoms with Gasteiger partial charge in [0.1, 0.15) is 0 Å². The van der Waals surface area contributed by atoms with Crippen molar-refractivity contribution < 1.29 is 10.2 Å². The minimum Gasteiger partial charge on any atom is -0.390 e.